The minimum atomic E-state index is -0.835. The summed E-state index contributed by atoms with van der Waals surface area (Å²) in [5.74, 6) is -0.835. The molecule has 0 radical (unpaired) electrons. The first-order chi connectivity index (χ1) is 7.09. The van der Waals surface area contributed by atoms with Gasteiger partial charge in [0.2, 0.25) is 0 Å². The molecule has 4 heteroatoms. The third-order valence-electron chi connectivity index (χ3n) is 3.59. The van der Waals surface area contributed by atoms with E-state index >= 15 is 0 Å². The maximum absolute atomic E-state index is 10.8. The fourth-order valence-corrected chi connectivity index (χ4v) is 2.47. The second kappa shape index (κ2) is 4.10. The Morgan fingerprint density at radius 3 is 2.87 bits per heavy atom. The highest BCUT2D eigenvalue weighted by Gasteiger charge is 2.36. The van der Waals surface area contributed by atoms with Crippen molar-refractivity contribution in [2.24, 2.45) is 5.41 Å². The molecular formula is C11H19NO3. The molecule has 1 unspecified atom stereocenters. The van der Waals surface area contributed by atoms with E-state index in [1.165, 1.54) is 19.3 Å². The number of hydrogen-bond acceptors (Lipinski definition) is 3. The average molecular weight is 213 g/mol. The molecule has 0 aromatic rings. The van der Waals surface area contributed by atoms with Crippen molar-refractivity contribution in [3.8, 4) is 0 Å². The second-order valence-corrected chi connectivity index (χ2v) is 5.10. The molecule has 15 heavy (non-hydrogen) atoms. The number of hydrogen-bond donors (Lipinski definition) is 1. The molecule has 2 aliphatic rings. The lowest BCUT2D eigenvalue weighted by atomic mass is 9.70. The van der Waals surface area contributed by atoms with Gasteiger partial charge in [0.25, 0.3) is 0 Å². The van der Waals surface area contributed by atoms with Gasteiger partial charge in [0.15, 0.2) is 6.10 Å². The van der Waals surface area contributed by atoms with Crippen LogP contribution in [-0.4, -0.2) is 48.3 Å². The first kappa shape index (κ1) is 10.9. The van der Waals surface area contributed by atoms with Crippen LogP contribution in [0.25, 0.3) is 0 Å². The molecule has 1 saturated heterocycles. The summed E-state index contributed by atoms with van der Waals surface area (Å²) in [6, 6.07) is 0. The molecule has 0 aromatic heterocycles. The van der Waals surface area contributed by atoms with Gasteiger partial charge in [-0.1, -0.05) is 13.3 Å². The van der Waals surface area contributed by atoms with Crippen molar-refractivity contribution < 1.29 is 14.6 Å². The summed E-state index contributed by atoms with van der Waals surface area (Å²) in [6.07, 6.45) is 3.26. The maximum atomic E-state index is 10.8. The summed E-state index contributed by atoms with van der Waals surface area (Å²) >= 11 is 0. The highest BCUT2D eigenvalue weighted by atomic mass is 16.5. The quantitative estimate of drug-likeness (QED) is 0.758. The van der Waals surface area contributed by atoms with Gasteiger partial charge in [-0.25, -0.2) is 4.79 Å². The zero-order chi connectivity index (χ0) is 10.9. The number of carboxylic acid groups (broad SMARTS) is 1. The number of carbonyl (C=O) groups is 1. The van der Waals surface area contributed by atoms with Crippen LogP contribution in [0.5, 0.6) is 0 Å². The van der Waals surface area contributed by atoms with E-state index in [0.717, 1.165) is 13.1 Å². The summed E-state index contributed by atoms with van der Waals surface area (Å²) < 4.78 is 5.19. The van der Waals surface area contributed by atoms with Crippen molar-refractivity contribution in [2.75, 3.05) is 26.2 Å². The van der Waals surface area contributed by atoms with Crippen LogP contribution in [0.3, 0.4) is 0 Å². The second-order valence-electron chi connectivity index (χ2n) is 5.10. The number of morpholine rings is 1. The van der Waals surface area contributed by atoms with E-state index in [2.05, 4.69) is 11.8 Å². The van der Waals surface area contributed by atoms with Crippen LogP contribution in [0.1, 0.15) is 26.2 Å². The predicted molar refractivity (Wildman–Crippen MR) is 55.8 cm³/mol. The number of rotatable bonds is 3. The van der Waals surface area contributed by atoms with Crippen LogP contribution >= 0.6 is 0 Å². The van der Waals surface area contributed by atoms with E-state index in [1.54, 1.807) is 0 Å². The molecule has 4 nitrogen and oxygen atoms in total. The molecule has 1 saturated carbocycles. The molecule has 1 N–H and O–H groups in total. The van der Waals surface area contributed by atoms with Crippen molar-refractivity contribution in [2.45, 2.75) is 32.3 Å². The van der Waals surface area contributed by atoms with Crippen LogP contribution < -0.4 is 0 Å². The molecular weight excluding hydrogens is 194 g/mol. The van der Waals surface area contributed by atoms with E-state index in [-0.39, 0.29) is 0 Å². The monoisotopic (exact) mass is 213 g/mol. The van der Waals surface area contributed by atoms with E-state index in [1.807, 2.05) is 0 Å². The van der Waals surface area contributed by atoms with Gasteiger partial charge in [-0.2, -0.15) is 0 Å². The average Bonchev–Trinajstić information content (AvgIpc) is 2.16. The van der Waals surface area contributed by atoms with Gasteiger partial charge in [-0.3, -0.25) is 4.90 Å². The Labute approximate surface area is 90.2 Å². The highest BCUT2D eigenvalue weighted by Crippen LogP contribution is 2.41. The predicted octanol–water partition coefficient (Wildman–Crippen LogP) is 0.962. The van der Waals surface area contributed by atoms with Gasteiger partial charge in [-0.05, 0) is 18.3 Å². The summed E-state index contributed by atoms with van der Waals surface area (Å²) in [5.41, 5.74) is 0.431. The molecule has 0 bridgehead atoms. The van der Waals surface area contributed by atoms with E-state index in [4.69, 9.17) is 9.84 Å². The lowest BCUT2D eigenvalue weighted by Crippen LogP contribution is -2.50. The number of nitrogens with zero attached hydrogens (tertiary/aromatic N) is 1. The molecule has 0 spiro atoms. The van der Waals surface area contributed by atoms with Gasteiger partial charge in [0.1, 0.15) is 0 Å². The smallest absolute Gasteiger partial charge is 0.334 e. The fourth-order valence-electron chi connectivity index (χ4n) is 2.47. The van der Waals surface area contributed by atoms with Crippen LogP contribution in [0.4, 0.5) is 0 Å². The first-order valence-electron chi connectivity index (χ1n) is 5.66. The van der Waals surface area contributed by atoms with Crippen LogP contribution in [-0.2, 0) is 9.53 Å². The molecule has 2 rings (SSSR count). The molecule has 1 atom stereocenters. The third kappa shape index (κ3) is 2.49. The van der Waals surface area contributed by atoms with E-state index in [9.17, 15) is 4.79 Å². The fraction of sp³-hybridized carbons (Fsp3) is 0.909. The maximum Gasteiger partial charge on any atom is 0.334 e. The number of carboxylic acids is 1. The molecule has 2 fully saturated rings. The SMILES string of the molecule is CC1(CN2CCOC(C(=O)O)C2)CCC1. The van der Waals surface area contributed by atoms with Crippen molar-refractivity contribution in [3.63, 3.8) is 0 Å². The topological polar surface area (TPSA) is 49.8 Å². The number of ether oxygens (including phenoxy) is 1. The molecule has 0 amide bonds. The first-order valence-corrected chi connectivity index (χ1v) is 5.66. The van der Waals surface area contributed by atoms with Crippen LogP contribution in [0.15, 0.2) is 0 Å². The molecule has 1 aliphatic heterocycles. The van der Waals surface area contributed by atoms with Gasteiger partial charge < -0.3 is 9.84 Å². The molecule has 1 heterocycles. The minimum Gasteiger partial charge on any atom is -0.479 e. The summed E-state index contributed by atoms with van der Waals surface area (Å²) in [7, 11) is 0. The van der Waals surface area contributed by atoms with Crippen molar-refractivity contribution in [3.05, 3.63) is 0 Å². The zero-order valence-electron chi connectivity index (χ0n) is 9.24. The van der Waals surface area contributed by atoms with Gasteiger partial charge >= 0.3 is 5.97 Å². The Hall–Kier alpha value is -0.610. The van der Waals surface area contributed by atoms with Crippen LogP contribution in [0, 0.1) is 5.41 Å². The number of aliphatic carboxylic acids is 1. The summed E-state index contributed by atoms with van der Waals surface area (Å²) in [5, 5.41) is 8.87. The van der Waals surface area contributed by atoms with Gasteiger partial charge in [0, 0.05) is 19.6 Å². The Kier molecular flexibility index (Phi) is 2.98. The molecule has 1 aliphatic carbocycles. The molecule has 0 aromatic carbocycles. The van der Waals surface area contributed by atoms with Crippen molar-refractivity contribution in [1.82, 2.24) is 4.90 Å². The normalized spacial score (nSPS) is 30.9. The van der Waals surface area contributed by atoms with E-state index in [0.29, 0.717) is 18.6 Å². The van der Waals surface area contributed by atoms with Crippen molar-refractivity contribution >= 4 is 5.97 Å². The summed E-state index contributed by atoms with van der Waals surface area (Å²) in [6.45, 7) is 5.29. The third-order valence-corrected chi connectivity index (χ3v) is 3.59. The zero-order valence-corrected chi connectivity index (χ0v) is 9.24. The Balaban J connectivity index is 1.84. The van der Waals surface area contributed by atoms with Crippen molar-refractivity contribution in [1.29, 1.82) is 0 Å². The summed E-state index contributed by atoms with van der Waals surface area (Å²) in [4.78, 5) is 13.0. The largest absolute Gasteiger partial charge is 0.479 e. The minimum absolute atomic E-state index is 0.431. The lowest BCUT2D eigenvalue weighted by molar-refractivity contribution is -0.157. The van der Waals surface area contributed by atoms with E-state index < -0.39 is 12.1 Å². The standard InChI is InChI=1S/C11H19NO3/c1-11(3-2-4-11)8-12-5-6-15-9(7-12)10(13)14/h9H,2-8H2,1H3,(H,13,14). The Bertz CT molecular complexity index is 250. The molecule has 86 valence electrons. The Morgan fingerprint density at radius 2 is 2.33 bits per heavy atom. The Morgan fingerprint density at radius 1 is 1.60 bits per heavy atom. The van der Waals surface area contributed by atoms with Gasteiger partial charge in [-0.15, -0.1) is 0 Å². The highest BCUT2D eigenvalue weighted by molar-refractivity contribution is 5.72. The lowest BCUT2D eigenvalue weighted by Gasteiger charge is -2.44. The van der Waals surface area contributed by atoms with Crippen LogP contribution in [0.2, 0.25) is 0 Å². The van der Waals surface area contributed by atoms with Gasteiger partial charge in [0.05, 0.1) is 6.61 Å².